The molecule has 20 heavy (non-hydrogen) atoms. The van der Waals surface area contributed by atoms with Gasteiger partial charge in [0.25, 0.3) is 0 Å². The van der Waals surface area contributed by atoms with Crippen LogP contribution in [0.1, 0.15) is 31.4 Å². The van der Waals surface area contributed by atoms with Gasteiger partial charge in [0.05, 0.1) is 5.25 Å². The van der Waals surface area contributed by atoms with E-state index in [2.05, 4.69) is 5.16 Å². The van der Waals surface area contributed by atoms with E-state index in [1.807, 2.05) is 30.3 Å². The molecule has 1 aliphatic rings. The second-order valence-electron chi connectivity index (χ2n) is 5.26. The standard InChI is InChI=1S/C15H17NO3S/c17-20(18,14-8-4-5-9-14)11-13-10-15(16-19-13)12-6-2-1-3-7-12/h1-3,6-7,10,14H,4-5,8-9,11H2. The SMILES string of the molecule is O=S(=O)(Cc1cc(-c2ccccc2)no1)C1CCCC1. The first-order chi connectivity index (χ1) is 9.65. The Morgan fingerprint density at radius 3 is 2.55 bits per heavy atom. The van der Waals surface area contributed by atoms with Crippen molar-refractivity contribution in [2.75, 3.05) is 0 Å². The number of hydrogen-bond donors (Lipinski definition) is 0. The van der Waals surface area contributed by atoms with Gasteiger partial charge in [-0.2, -0.15) is 0 Å². The third kappa shape index (κ3) is 2.77. The zero-order valence-corrected chi connectivity index (χ0v) is 12.0. The lowest BCUT2D eigenvalue weighted by atomic mass is 10.1. The fourth-order valence-corrected chi connectivity index (χ4v) is 4.51. The summed E-state index contributed by atoms with van der Waals surface area (Å²) in [7, 11) is -3.12. The zero-order chi connectivity index (χ0) is 14.0. The van der Waals surface area contributed by atoms with Gasteiger partial charge in [-0.3, -0.25) is 0 Å². The Balaban J connectivity index is 1.78. The van der Waals surface area contributed by atoms with E-state index in [0.29, 0.717) is 11.5 Å². The molecule has 0 saturated heterocycles. The number of nitrogens with zero attached hydrogens (tertiary/aromatic N) is 1. The molecule has 0 atom stereocenters. The Morgan fingerprint density at radius 2 is 1.85 bits per heavy atom. The van der Waals surface area contributed by atoms with Gasteiger partial charge in [-0.15, -0.1) is 0 Å². The molecule has 0 aliphatic heterocycles. The average molecular weight is 291 g/mol. The Hall–Kier alpha value is -1.62. The number of rotatable bonds is 4. The molecule has 1 aliphatic carbocycles. The quantitative estimate of drug-likeness (QED) is 0.868. The zero-order valence-electron chi connectivity index (χ0n) is 11.2. The highest BCUT2D eigenvalue weighted by atomic mass is 32.2. The molecule has 1 heterocycles. The maximum atomic E-state index is 12.3. The molecule has 0 spiro atoms. The van der Waals surface area contributed by atoms with Gasteiger partial charge in [-0.25, -0.2) is 8.42 Å². The highest BCUT2D eigenvalue weighted by Gasteiger charge is 2.30. The molecule has 4 nitrogen and oxygen atoms in total. The molecule has 5 heteroatoms. The van der Waals surface area contributed by atoms with Crippen LogP contribution in [-0.4, -0.2) is 18.8 Å². The predicted octanol–water partition coefficient (Wildman–Crippen LogP) is 3.20. The van der Waals surface area contributed by atoms with E-state index >= 15 is 0 Å². The molecule has 1 aromatic carbocycles. The smallest absolute Gasteiger partial charge is 0.160 e. The van der Waals surface area contributed by atoms with E-state index in [0.717, 1.165) is 31.2 Å². The largest absolute Gasteiger partial charge is 0.360 e. The van der Waals surface area contributed by atoms with E-state index in [1.54, 1.807) is 6.07 Å². The van der Waals surface area contributed by atoms with Crippen molar-refractivity contribution in [1.29, 1.82) is 0 Å². The van der Waals surface area contributed by atoms with E-state index in [4.69, 9.17) is 4.52 Å². The minimum absolute atomic E-state index is 0.0441. The number of hydrogen-bond acceptors (Lipinski definition) is 4. The van der Waals surface area contributed by atoms with Crippen LogP contribution in [0.15, 0.2) is 40.9 Å². The molecule has 1 fully saturated rings. The van der Waals surface area contributed by atoms with Crippen molar-refractivity contribution in [2.45, 2.75) is 36.7 Å². The summed E-state index contributed by atoms with van der Waals surface area (Å²) in [4.78, 5) is 0. The van der Waals surface area contributed by atoms with E-state index < -0.39 is 9.84 Å². The normalized spacial score (nSPS) is 16.6. The van der Waals surface area contributed by atoms with Gasteiger partial charge in [-0.05, 0) is 12.8 Å². The van der Waals surface area contributed by atoms with Gasteiger partial charge in [0.15, 0.2) is 15.6 Å². The lowest BCUT2D eigenvalue weighted by molar-refractivity contribution is 0.394. The molecule has 0 amide bonds. The Kier molecular flexibility index (Phi) is 3.61. The maximum Gasteiger partial charge on any atom is 0.160 e. The van der Waals surface area contributed by atoms with Crippen molar-refractivity contribution in [3.63, 3.8) is 0 Å². The summed E-state index contributed by atoms with van der Waals surface area (Å²) >= 11 is 0. The second-order valence-corrected chi connectivity index (χ2v) is 7.54. The summed E-state index contributed by atoms with van der Waals surface area (Å²) < 4.78 is 29.7. The second kappa shape index (κ2) is 5.40. The van der Waals surface area contributed by atoms with Crippen molar-refractivity contribution in [3.8, 4) is 11.3 Å². The minimum atomic E-state index is -3.12. The lowest BCUT2D eigenvalue weighted by Gasteiger charge is -2.08. The Labute approximate surface area is 118 Å². The van der Waals surface area contributed by atoms with Gasteiger partial charge in [0, 0.05) is 11.6 Å². The van der Waals surface area contributed by atoms with Gasteiger partial charge in [0.2, 0.25) is 0 Å². The molecule has 0 radical (unpaired) electrons. The first-order valence-corrected chi connectivity index (χ1v) is 8.59. The van der Waals surface area contributed by atoms with Gasteiger partial charge in [0.1, 0.15) is 11.4 Å². The molecule has 0 bridgehead atoms. The van der Waals surface area contributed by atoms with Crippen molar-refractivity contribution in [2.24, 2.45) is 0 Å². The molecule has 2 aromatic rings. The minimum Gasteiger partial charge on any atom is -0.360 e. The third-order valence-electron chi connectivity index (χ3n) is 3.78. The van der Waals surface area contributed by atoms with Crippen LogP contribution in [0.2, 0.25) is 0 Å². The van der Waals surface area contributed by atoms with Crippen LogP contribution in [0.3, 0.4) is 0 Å². The van der Waals surface area contributed by atoms with Crippen molar-refractivity contribution in [3.05, 3.63) is 42.2 Å². The molecule has 1 aromatic heterocycles. The first-order valence-electron chi connectivity index (χ1n) is 6.88. The van der Waals surface area contributed by atoms with Crippen LogP contribution < -0.4 is 0 Å². The molecule has 0 unspecified atom stereocenters. The van der Waals surface area contributed by atoms with Gasteiger partial charge < -0.3 is 4.52 Å². The summed E-state index contributed by atoms with van der Waals surface area (Å²) in [5.41, 5.74) is 1.61. The lowest BCUT2D eigenvalue weighted by Crippen LogP contribution is -2.19. The van der Waals surface area contributed by atoms with Crippen LogP contribution in [0.4, 0.5) is 0 Å². The number of benzene rings is 1. The average Bonchev–Trinajstić information content (AvgIpc) is 3.10. The fraction of sp³-hybridized carbons (Fsp3) is 0.400. The van der Waals surface area contributed by atoms with E-state index in [-0.39, 0.29) is 11.0 Å². The topological polar surface area (TPSA) is 60.2 Å². The molecular formula is C15H17NO3S. The highest BCUT2D eigenvalue weighted by Crippen LogP contribution is 2.28. The van der Waals surface area contributed by atoms with E-state index in [1.165, 1.54) is 0 Å². The molecule has 0 N–H and O–H groups in total. The highest BCUT2D eigenvalue weighted by molar-refractivity contribution is 7.91. The maximum absolute atomic E-state index is 12.3. The Bertz CT molecular complexity index is 670. The molecule has 3 rings (SSSR count). The third-order valence-corrected chi connectivity index (χ3v) is 5.96. The Morgan fingerprint density at radius 1 is 1.15 bits per heavy atom. The van der Waals surface area contributed by atoms with Crippen molar-refractivity contribution >= 4 is 9.84 Å². The van der Waals surface area contributed by atoms with Crippen LogP contribution in [0.25, 0.3) is 11.3 Å². The summed E-state index contributed by atoms with van der Waals surface area (Å²) in [5.74, 6) is 0.382. The summed E-state index contributed by atoms with van der Waals surface area (Å²) in [6.45, 7) is 0. The van der Waals surface area contributed by atoms with Crippen LogP contribution in [0, 0.1) is 0 Å². The molecule has 106 valence electrons. The van der Waals surface area contributed by atoms with Crippen molar-refractivity contribution in [1.82, 2.24) is 5.16 Å². The van der Waals surface area contributed by atoms with Gasteiger partial charge >= 0.3 is 0 Å². The van der Waals surface area contributed by atoms with Crippen LogP contribution in [0.5, 0.6) is 0 Å². The van der Waals surface area contributed by atoms with Crippen molar-refractivity contribution < 1.29 is 12.9 Å². The number of aromatic nitrogens is 1. The van der Waals surface area contributed by atoms with Gasteiger partial charge in [-0.1, -0.05) is 48.3 Å². The predicted molar refractivity (Wildman–Crippen MR) is 76.8 cm³/mol. The van der Waals surface area contributed by atoms with E-state index in [9.17, 15) is 8.42 Å². The monoisotopic (exact) mass is 291 g/mol. The summed E-state index contributed by atoms with van der Waals surface area (Å²) in [5, 5.41) is 3.76. The van der Waals surface area contributed by atoms with Crippen LogP contribution >= 0.6 is 0 Å². The summed E-state index contributed by atoms with van der Waals surface area (Å²) in [6, 6.07) is 11.3. The molecular weight excluding hydrogens is 274 g/mol. The summed E-state index contributed by atoms with van der Waals surface area (Å²) in [6.07, 6.45) is 3.58. The van der Waals surface area contributed by atoms with Crippen LogP contribution in [-0.2, 0) is 15.6 Å². The number of sulfone groups is 1. The fourth-order valence-electron chi connectivity index (χ4n) is 2.69. The molecule has 1 saturated carbocycles. The first kappa shape index (κ1) is 13.4.